The van der Waals surface area contributed by atoms with Gasteiger partial charge in [-0.25, -0.2) is 0 Å². The number of carbonyl (C=O) groups is 1. The number of hydrogen-bond acceptors (Lipinski definition) is 6. The summed E-state index contributed by atoms with van der Waals surface area (Å²) < 4.78 is 0. The van der Waals surface area contributed by atoms with Gasteiger partial charge in [-0.05, 0) is 49.8 Å². The molecule has 7 heteroatoms. The molecule has 2 aromatic rings. The van der Waals surface area contributed by atoms with Crippen molar-refractivity contribution in [2.75, 3.05) is 62.2 Å². The third-order valence-corrected chi connectivity index (χ3v) is 7.42. The second kappa shape index (κ2) is 10.5. The summed E-state index contributed by atoms with van der Waals surface area (Å²) in [5, 5.41) is 9.01. The fourth-order valence-electron chi connectivity index (χ4n) is 5.36. The molecular weight excluding hydrogens is 412 g/mol. The van der Waals surface area contributed by atoms with Gasteiger partial charge in [0.25, 0.3) is 0 Å². The fraction of sp³-hybridized carbons (Fsp3) is 0.577. The third kappa shape index (κ3) is 5.46. The van der Waals surface area contributed by atoms with Crippen LogP contribution in [0.25, 0.3) is 0 Å². The van der Waals surface area contributed by atoms with Crippen molar-refractivity contribution in [2.45, 2.75) is 38.6 Å². The van der Waals surface area contributed by atoms with Crippen molar-refractivity contribution < 1.29 is 4.79 Å². The zero-order valence-corrected chi connectivity index (χ0v) is 19.6. The normalized spacial score (nSPS) is 20.8. The van der Waals surface area contributed by atoms with Crippen molar-refractivity contribution in [3.8, 4) is 0 Å². The summed E-state index contributed by atoms with van der Waals surface area (Å²) in [5.41, 5.74) is 1.34. The van der Waals surface area contributed by atoms with Gasteiger partial charge in [0.05, 0.1) is 0 Å². The molecule has 4 heterocycles. The van der Waals surface area contributed by atoms with Gasteiger partial charge in [-0.2, -0.15) is 0 Å². The predicted octanol–water partition coefficient (Wildman–Crippen LogP) is 3.03. The molecule has 7 nitrogen and oxygen atoms in total. The van der Waals surface area contributed by atoms with Gasteiger partial charge in [0.1, 0.15) is 0 Å². The number of amides is 1. The molecule has 1 amide bonds. The van der Waals surface area contributed by atoms with Crippen LogP contribution < -0.4 is 9.80 Å². The maximum atomic E-state index is 13.1. The second-order valence-electron chi connectivity index (χ2n) is 9.65. The smallest absolute Gasteiger partial charge is 0.225 e. The number of benzene rings is 1. The molecule has 0 atom stereocenters. The van der Waals surface area contributed by atoms with E-state index in [1.807, 2.05) is 0 Å². The van der Waals surface area contributed by atoms with Crippen LogP contribution in [0.4, 0.5) is 11.6 Å². The lowest BCUT2D eigenvalue weighted by Crippen LogP contribution is -2.51. The molecule has 3 fully saturated rings. The fourth-order valence-corrected chi connectivity index (χ4v) is 5.36. The Morgan fingerprint density at radius 1 is 0.727 bits per heavy atom. The minimum Gasteiger partial charge on any atom is -0.355 e. The lowest BCUT2D eigenvalue weighted by Gasteiger charge is -2.38. The standard InChI is InChI=1S/C26H36N6O/c33-26(32-19-17-29(18-20-32)21-22-7-3-1-4-8-22)23-11-15-31(16-12-23)25-10-9-24(27-28-25)30-13-5-2-6-14-30/h1,3-4,7-10,23H,2,5-6,11-21H2. The van der Waals surface area contributed by atoms with Crippen molar-refractivity contribution in [2.24, 2.45) is 5.92 Å². The van der Waals surface area contributed by atoms with Crippen LogP contribution >= 0.6 is 0 Å². The first-order chi connectivity index (χ1) is 16.3. The van der Waals surface area contributed by atoms with Gasteiger partial charge in [0, 0.05) is 64.8 Å². The van der Waals surface area contributed by atoms with Gasteiger partial charge >= 0.3 is 0 Å². The van der Waals surface area contributed by atoms with Gasteiger partial charge in [0.15, 0.2) is 11.6 Å². The molecule has 0 aliphatic carbocycles. The van der Waals surface area contributed by atoms with Crippen LogP contribution in [0.1, 0.15) is 37.7 Å². The first-order valence-electron chi connectivity index (χ1n) is 12.6. The molecule has 0 N–H and O–H groups in total. The number of piperazine rings is 1. The maximum absolute atomic E-state index is 13.1. The molecule has 1 aromatic carbocycles. The molecule has 3 saturated heterocycles. The van der Waals surface area contributed by atoms with Gasteiger partial charge in [-0.3, -0.25) is 9.69 Å². The highest BCUT2D eigenvalue weighted by Gasteiger charge is 2.31. The molecule has 0 spiro atoms. The van der Waals surface area contributed by atoms with Crippen LogP contribution in [-0.4, -0.2) is 78.3 Å². The minimum atomic E-state index is 0.141. The topological polar surface area (TPSA) is 55.8 Å². The number of aromatic nitrogens is 2. The first-order valence-corrected chi connectivity index (χ1v) is 12.6. The average molecular weight is 449 g/mol. The van der Waals surface area contributed by atoms with Gasteiger partial charge in [-0.1, -0.05) is 30.3 Å². The first kappa shape index (κ1) is 22.1. The van der Waals surface area contributed by atoms with Gasteiger partial charge < -0.3 is 14.7 Å². The zero-order valence-electron chi connectivity index (χ0n) is 19.6. The summed E-state index contributed by atoms with van der Waals surface area (Å²) in [5.74, 6) is 2.43. The predicted molar refractivity (Wildman–Crippen MR) is 131 cm³/mol. The number of rotatable bonds is 5. The molecule has 0 unspecified atom stereocenters. The lowest BCUT2D eigenvalue weighted by molar-refractivity contribution is -0.138. The number of anilines is 2. The summed E-state index contributed by atoms with van der Waals surface area (Å²) in [6, 6.07) is 14.8. The Bertz CT molecular complexity index is 883. The summed E-state index contributed by atoms with van der Waals surface area (Å²) in [6.45, 7) is 8.49. The monoisotopic (exact) mass is 448 g/mol. The van der Waals surface area contributed by atoms with Crippen LogP contribution in [0.5, 0.6) is 0 Å². The summed E-state index contributed by atoms with van der Waals surface area (Å²) in [6.07, 6.45) is 5.61. The molecule has 0 saturated carbocycles. The molecule has 5 rings (SSSR count). The van der Waals surface area contributed by atoms with Crippen molar-refractivity contribution in [1.29, 1.82) is 0 Å². The molecule has 0 radical (unpaired) electrons. The molecule has 176 valence electrons. The number of nitrogens with zero attached hydrogens (tertiary/aromatic N) is 6. The minimum absolute atomic E-state index is 0.141. The SMILES string of the molecule is O=C(C1CCN(c2ccc(N3CCCCC3)nn2)CC1)N1CCN(Cc2ccccc2)CC1. The lowest BCUT2D eigenvalue weighted by atomic mass is 9.95. The molecule has 3 aliphatic heterocycles. The molecule has 3 aliphatic rings. The molecule has 0 bridgehead atoms. The number of carbonyl (C=O) groups excluding carboxylic acids is 1. The largest absolute Gasteiger partial charge is 0.355 e. The van der Waals surface area contributed by atoms with E-state index in [0.29, 0.717) is 5.91 Å². The third-order valence-electron chi connectivity index (χ3n) is 7.42. The quantitative estimate of drug-likeness (QED) is 0.701. The van der Waals surface area contributed by atoms with E-state index in [9.17, 15) is 4.79 Å². The van der Waals surface area contributed by atoms with Crippen LogP contribution in [0.15, 0.2) is 42.5 Å². The van der Waals surface area contributed by atoms with E-state index < -0.39 is 0 Å². The Balaban J connectivity index is 1.07. The van der Waals surface area contributed by atoms with Crippen molar-refractivity contribution in [3.63, 3.8) is 0 Å². The van der Waals surface area contributed by atoms with Gasteiger partial charge in [0.2, 0.25) is 5.91 Å². The van der Waals surface area contributed by atoms with Gasteiger partial charge in [-0.15, -0.1) is 10.2 Å². The van der Waals surface area contributed by atoms with Crippen molar-refractivity contribution in [1.82, 2.24) is 20.0 Å². The van der Waals surface area contributed by atoms with Crippen LogP contribution in [0.2, 0.25) is 0 Å². The van der Waals surface area contributed by atoms with E-state index in [4.69, 9.17) is 0 Å². The summed E-state index contributed by atoms with van der Waals surface area (Å²) in [7, 11) is 0. The van der Waals surface area contributed by atoms with Crippen LogP contribution in [0.3, 0.4) is 0 Å². The maximum Gasteiger partial charge on any atom is 0.225 e. The van der Waals surface area contributed by atoms with E-state index in [1.54, 1.807) is 0 Å². The molecular formula is C26H36N6O. The molecule has 1 aromatic heterocycles. The highest BCUT2D eigenvalue weighted by atomic mass is 16.2. The second-order valence-corrected chi connectivity index (χ2v) is 9.65. The Kier molecular flexibility index (Phi) is 7.05. The van der Waals surface area contributed by atoms with E-state index in [2.05, 4.69) is 72.3 Å². The van der Waals surface area contributed by atoms with Crippen LogP contribution in [0, 0.1) is 5.92 Å². The summed E-state index contributed by atoms with van der Waals surface area (Å²) >= 11 is 0. The highest BCUT2D eigenvalue weighted by molar-refractivity contribution is 5.79. The Morgan fingerprint density at radius 3 is 1.94 bits per heavy atom. The van der Waals surface area contributed by atoms with E-state index in [-0.39, 0.29) is 5.92 Å². The van der Waals surface area contributed by atoms with E-state index in [0.717, 1.165) is 83.4 Å². The molecule has 33 heavy (non-hydrogen) atoms. The summed E-state index contributed by atoms with van der Waals surface area (Å²) in [4.78, 5) is 22.3. The Labute approximate surface area is 197 Å². The highest BCUT2D eigenvalue weighted by Crippen LogP contribution is 2.25. The van der Waals surface area contributed by atoms with Crippen molar-refractivity contribution >= 4 is 17.5 Å². The number of hydrogen-bond donors (Lipinski definition) is 0. The number of piperidine rings is 2. The van der Waals surface area contributed by atoms with Crippen LogP contribution in [-0.2, 0) is 11.3 Å². The Morgan fingerprint density at radius 2 is 1.33 bits per heavy atom. The Hall–Kier alpha value is -2.67. The van der Waals surface area contributed by atoms with Crippen molar-refractivity contribution in [3.05, 3.63) is 48.0 Å². The average Bonchev–Trinajstić information content (AvgIpc) is 2.90. The zero-order chi connectivity index (χ0) is 22.5. The van der Waals surface area contributed by atoms with E-state index in [1.165, 1.54) is 24.8 Å². The van der Waals surface area contributed by atoms with E-state index >= 15 is 0 Å².